The molecule has 3 aliphatic rings. The van der Waals surface area contributed by atoms with Crippen molar-refractivity contribution in [3.8, 4) is 5.75 Å². The van der Waals surface area contributed by atoms with Gasteiger partial charge in [0.05, 0.1) is 23.2 Å². The predicted molar refractivity (Wildman–Crippen MR) is 178 cm³/mol. The number of carbonyl (C=O) groups excluding carboxylic acids is 3. The van der Waals surface area contributed by atoms with Gasteiger partial charge in [-0.15, -0.1) is 24.9 Å². The molecule has 8 nitrogen and oxygen atoms in total. The Hall–Kier alpha value is -2.78. The van der Waals surface area contributed by atoms with Crippen molar-refractivity contribution in [3.63, 3.8) is 0 Å². The van der Waals surface area contributed by atoms with E-state index in [1.807, 2.05) is 41.0 Å². The number of thioether (sulfide) groups is 1. The minimum absolute atomic E-state index is 0.0112. The van der Waals surface area contributed by atoms with Crippen LogP contribution in [0.1, 0.15) is 71.6 Å². The van der Waals surface area contributed by atoms with Crippen LogP contribution in [0, 0.1) is 11.8 Å². The highest BCUT2D eigenvalue weighted by atomic mass is 32.2. The second-order valence-corrected chi connectivity index (χ2v) is 13.8. The van der Waals surface area contributed by atoms with Crippen LogP contribution >= 0.6 is 11.8 Å². The summed E-state index contributed by atoms with van der Waals surface area (Å²) in [7, 11) is 0. The second-order valence-electron chi connectivity index (χ2n) is 12.2. The molecule has 1 spiro atoms. The van der Waals surface area contributed by atoms with E-state index in [2.05, 4.69) is 20.1 Å². The third-order valence-corrected chi connectivity index (χ3v) is 11.3. The average molecular weight is 626 g/mol. The highest BCUT2D eigenvalue weighted by Gasteiger charge is 2.74. The summed E-state index contributed by atoms with van der Waals surface area (Å²) >= 11 is 1.72. The lowest BCUT2D eigenvalue weighted by Gasteiger charge is -2.37. The zero-order chi connectivity index (χ0) is 31.7. The first-order chi connectivity index (χ1) is 21.4. The van der Waals surface area contributed by atoms with Crippen LogP contribution in [0.5, 0.6) is 5.75 Å². The van der Waals surface area contributed by atoms with Crippen LogP contribution in [0.15, 0.2) is 49.6 Å². The summed E-state index contributed by atoms with van der Waals surface area (Å²) in [5.41, 5.74) is 0.743. The fourth-order valence-electron chi connectivity index (χ4n) is 7.40. The molecule has 2 bridgehead atoms. The van der Waals surface area contributed by atoms with Crippen molar-refractivity contribution in [2.75, 3.05) is 44.3 Å². The van der Waals surface area contributed by atoms with Crippen molar-refractivity contribution in [2.24, 2.45) is 11.8 Å². The van der Waals surface area contributed by atoms with Gasteiger partial charge in [-0.2, -0.15) is 0 Å². The van der Waals surface area contributed by atoms with E-state index in [0.29, 0.717) is 32.8 Å². The molecule has 4 rings (SSSR count). The fraction of sp³-hybridized carbons (Fsp3) is 0.629. The van der Waals surface area contributed by atoms with Gasteiger partial charge in [-0.3, -0.25) is 14.4 Å². The van der Waals surface area contributed by atoms with Crippen LogP contribution in [0.25, 0.3) is 0 Å². The van der Waals surface area contributed by atoms with Gasteiger partial charge in [-0.25, -0.2) is 0 Å². The molecule has 3 aliphatic heterocycles. The number of carbonyl (C=O) groups is 3. The van der Waals surface area contributed by atoms with Crippen molar-refractivity contribution in [1.82, 2.24) is 9.80 Å². The van der Waals surface area contributed by atoms with Gasteiger partial charge in [-0.05, 0) is 63.3 Å². The Morgan fingerprint density at radius 2 is 1.77 bits per heavy atom. The molecular weight excluding hydrogens is 574 g/mol. The highest BCUT2D eigenvalue weighted by molar-refractivity contribution is 8.02. The summed E-state index contributed by atoms with van der Waals surface area (Å²) in [6.07, 6.45) is 11.3. The molecule has 0 aliphatic carbocycles. The SMILES string of the molecule is C=CCN(CCCCC)C(=O)C1N(CCCCCCO)C(=O)[C@@H]2[C@@H](C(=O)N(CC=C)c3ccc(OCC)cc3)[C@H]3CCC12S3. The van der Waals surface area contributed by atoms with E-state index in [1.54, 1.807) is 28.8 Å². The lowest BCUT2D eigenvalue weighted by atomic mass is 9.70. The standard InChI is InChI=1S/C35H51N3O5S/c1-5-9-12-23-36(21-6-2)34(42)31-35-20-19-28(44-35)29(30(35)33(41)38(31)24-13-10-11-14-25-39)32(40)37(22-7-3)26-15-17-27(18-16-26)43-8-4/h6-7,15-18,28-31,39H,2-3,5,8-14,19-25H2,1,4H3/t28-,29+,30+,31?,35?/m1/s1. The molecular formula is C35H51N3O5S. The number of aliphatic hydroxyl groups excluding tert-OH is 1. The summed E-state index contributed by atoms with van der Waals surface area (Å²) in [6, 6.07) is 6.89. The second kappa shape index (κ2) is 16.0. The quantitative estimate of drug-likeness (QED) is 0.162. The van der Waals surface area contributed by atoms with Gasteiger partial charge in [0.2, 0.25) is 17.7 Å². The molecule has 3 amide bonds. The summed E-state index contributed by atoms with van der Waals surface area (Å²) in [4.78, 5) is 48.9. The maximum atomic E-state index is 14.5. The number of anilines is 1. The minimum atomic E-state index is -0.618. The van der Waals surface area contributed by atoms with E-state index in [1.165, 1.54) is 0 Å². The molecule has 44 heavy (non-hydrogen) atoms. The molecule has 3 fully saturated rings. The molecule has 0 radical (unpaired) electrons. The Morgan fingerprint density at radius 3 is 2.43 bits per heavy atom. The number of fused-ring (bicyclic) bond motifs is 1. The third-order valence-electron chi connectivity index (χ3n) is 9.36. The van der Waals surface area contributed by atoms with Crippen molar-refractivity contribution in [2.45, 2.75) is 87.7 Å². The maximum Gasteiger partial charge on any atom is 0.247 e. The van der Waals surface area contributed by atoms with Crippen LogP contribution in [0.4, 0.5) is 5.69 Å². The smallest absolute Gasteiger partial charge is 0.247 e. The van der Waals surface area contributed by atoms with E-state index >= 15 is 0 Å². The molecule has 3 heterocycles. The summed E-state index contributed by atoms with van der Waals surface area (Å²) in [5, 5.41) is 9.21. The zero-order valence-electron chi connectivity index (χ0n) is 26.6. The Kier molecular flexibility index (Phi) is 12.4. The van der Waals surface area contributed by atoms with Crippen molar-refractivity contribution < 1.29 is 24.2 Å². The number of unbranched alkanes of at least 4 members (excludes halogenated alkanes) is 5. The van der Waals surface area contributed by atoms with Crippen LogP contribution in [-0.2, 0) is 14.4 Å². The van der Waals surface area contributed by atoms with Gasteiger partial charge in [-0.1, -0.05) is 44.8 Å². The van der Waals surface area contributed by atoms with E-state index in [0.717, 1.165) is 69.2 Å². The van der Waals surface area contributed by atoms with E-state index in [9.17, 15) is 19.5 Å². The van der Waals surface area contributed by atoms with Crippen molar-refractivity contribution in [3.05, 3.63) is 49.6 Å². The number of hydrogen-bond donors (Lipinski definition) is 1. The average Bonchev–Trinajstić information content (AvgIpc) is 3.67. The lowest BCUT2D eigenvalue weighted by Crippen LogP contribution is -2.55. The number of aliphatic hydroxyl groups is 1. The summed E-state index contributed by atoms with van der Waals surface area (Å²) in [6.45, 7) is 14.5. The van der Waals surface area contributed by atoms with Gasteiger partial charge < -0.3 is 24.5 Å². The first kappa shape index (κ1) is 34.1. The Morgan fingerprint density at radius 1 is 1.05 bits per heavy atom. The largest absolute Gasteiger partial charge is 0.494 e. The fourth-order valence-corrected chi connectivity index (χ4v) is 9.60. The molecule has 3 saturated heterocycles. The molecule has 2 unspecified atom stereocenters. The number of rotatable bonds is 19. The number of ether oxygens (including phenoxy) is 1. The van der Waals surface area contributed by atoms with Gasteiger partial charge in [0.1, 0.15) is 11.8 Å². The normalized spacial score (nSPS) is 25.2. The van der Waals surface area contributed by atoms with E-state index in [-0.39, 0.29) is 29.6 Å². The first-order valence-electron chi connectivity index (χ1n) is 16.5. The third kappa shape index (κ3) is 6.89. The van der Waals surface area contributed by atoms with Gasteiger partial charge >= 0.3 is 0 Å². The molecule has 1 aromatic carbocycles. The van der Waals surface area contributed by atoms with Crippen LogP contribution < -0.4 is 9.64 Å². The van der Waals surface area contributed by atoms with Crippen LogP contribution in [0.3, 0.4) is 0 Å². The minimum Gasteiger partial charge on any atom is -0.494 e. The van der Waals surface area contributed by atoms with E-state index < -0.39 is 22.6 Å². The number of amides is 3. The number of nitrogens with zero attached hydrogens (tertiary/aromatic N) is 3. The Balaban J connectivity index is 1.66. The number of hydrogen-bond acceptors (Lipinski definition) is 6. The first-order valence-corrected chi connectivity index (χ1v) is 17.4. The highest BCUT2D eigenvalue weighted by Crippen LogP contribution is 2.66. The van der Waals surface area contributed by atoms with Crippen molar-refractivity contribution in [1.29, 1.82) is 0 Å². The molecule has 0 saturated carbocycles. The summed E-state index contributed by atoms with van der Waals surface area (Å²) < 4.78 is 4.99. The zero-order valence-corrected chi connectivity index (χ0v) is 27.4. The predicted octanol–water partition coefficient (Wildman–Crippen LogP) is 5.45. The monoisotopic (exact) mass is 625 g/mol. The van der Waals surface area contributed by atoms with Gasteiger partial charge in [0, 0.05) is 43.7 Å². The van der Waals surface area contributed by atoms with Gasteiger partial charge in [0.25, 0.3) is 0 Å². The number of likely N-dealkylation sites (tertiary alicyclic amines) is 1. The van der Waals surface area contributed by atoms with Crippen molar-refractivity contribution >= 4 is 35.2 Å². The molecule has 1 N–H and O–H groups in total. The topological polar surface area (TPSA) is 90.4 Å². The van der Waals surface area contributed by atoms with Crippen LogP contribution in [0.2, 0.25) is 0 Å². The lowest BCUT2D eigenvalue weighted by molar-refractivity contribution is -0.142. The molecule has 242 valence electrons. The Bertz CT molecular complexity index is 1160. The van der Waals surface area contributed by atoms with E-state index in [4.69, 9.17) is 4.74 Å². The number of benzene rings is 1. The van der Waals surface area contributed by atoms with Crippen LogP contribution in [-0.4, -0.2) is 88.1 Å². The van der Waals surface area contributed by atoms with Gasteiger partial charge in [0.15, 0.2) is 0 Å². The maximum absolute atomic E-state index is 14.5. The molecule has 5 atom stereocenters. The molecule has 0 aromatic heterocycles. The Labute approximate surface area is 267 Å². The summed E-state index contributed by atoms with van der Waals surface area (Å²) in [5.74, 6) is -0.453. The molecule has 9 heteroatoms. The molecule has 1 aromatic rings.